The van der Waals surface area contributed by atoms with Crippen LogP contribution in [0.5, 0.6) is 0 Å². The van der Waals surface area contributed by atoms with Gasteiger partial charge in [-0.05, 0) is 63.1 Å². The highest BCUT2D eigenvalue weighted by molar-refractivity contribution is 6.00. The maximum atomic E-state index is 13.1. The molecule has 3 rings (SSSR count). The molecule has 2 atom stereocenters. The second-order valence-electron chi connectivity index (χ2n) is 7.91. The summed E-state index contributed by atoms with van der Waals surface area (Å²) in [5.41, 5.74) is 4.78. The quantitative estimate of drug-likeness (QED) is 0.822. The van der Waals surface area contributed by atoms with Gasteiger partial charge in [0.2, 0.25) is 11.8 Å². The van der Waals surface area contributed by atoms with Crippen LogP contribution in [0.3, 0.4) is 0 Å². The number of nitrogens with zero attached hydrogens (tertiary/aromatic N) is 1. The van der Waals surface area contributed by atoms with E-state index in [1.807, 2.05) is 0 Å². The zero-order chi connectivity index (χ0) is 20.0. The number of carbonyl (C=O) groups excluding carboxylic acids is 3. The van der Waals surface area contributed by atoms with Crippen molar-refractivity contribution >= 4 is 23.6 Å². The van der Waals surface area contributed by atoms with Gasteiger partial charge in [0.25, 0.3) is 0 Å². The van der Waals surface area contributed by atoms with Gasteiger partial charge in [-0.2, -0.15) is 0 Å². The Morgan fingerprint density at radius 1 is 1.30 bits per heavy atom. The first-order valence-electron chi connectivity index (χ1n) is 8.60. The molecule has 8 heteroatoms. The predicted molar refractivity (Wildman–Crippen MR) is 95.5 cm³/mol. The van der Waals surface area contributed by atoms with Crippen LogP contribution in [0, 0.1) is 11.2 Å². The highest BCUT2D eigenvalue weighted by atomic mass is 19.1. The van der Waals surface area contributed by atoms with E-state index in [1.165, 1.54) is 17.0 Å². The van der Waals surface area contributed by atoms with Crippen molar-refractivity contribution in [3.05, 3.63) is 41.7 Å². The van der Waals surface area contributed by atoms with Crippen molar-refractivity contribution in [1.29, 1.82) is 0 Å². The number of carbonyl (C=O) groups is 3. The fourth-order valence-corrected chi connectivity index (χ4v) is 3.38. The average molecular weight is 375 g/mol. The van der Waals surface area contributed by atoms with Crippen molar-refractivity contribution in [3.8, 4) is 0 Å². The fraction of sp³-hybridized carbons (Fsp3) is 0.421. The van der Waals surface area contributed by atoms with Gasteiger partial charge >= 0.3 is 6.09 Å². The number of primary amides is 1. The summed E-state index contributed by atoms with van der Waals surface area (Å²) in [5.74, 6) is -1.42. The normalized spacial score (nSPS) is 24.7. The van der Waals surface area contributed by atoms with Gasteiger partial charge in [0.15, 0.2) is 0 Å². The molecule has 0 unspecified atom stereocenters. The van der Waals surface area contributed by atoms with E-state index < -0.39 is 29.1 Å². The van der Waals surface area contributed by atoms with Gasteiger partial charge in [-0.3, -0.25) is 14.5 Å². The maximum absolute atomic E-state index is 13.1. The van der Waals surface area contributed by atoms with Gasteiger partial charge < -0.3 is 15.8 Å². The summed E-state index contributed by atoms with van der Waals surface area (Å²) in [5, 5.41) is 2.76. The Bertz CT molecular complexity index is 828. The summed E-state index contributed by atoms with van der Waals surface area (Å²) in [6.07, 6.45) is 1.06. The van der Waals surface area contributed by atoms with Crippen LogP contribution in [0.2, 0.25) is 0 Å². The molecule has 0 bridgehead atoms. The van der Waals surface area contributed by atoms with E-state index in [-0.39, 0.29) is 24.7 Å². The molecule has 144 valence electrons. The summed E-state index contributed by atoms with van der Waals surface area (Å²) < 4.78 is 18.5. The molecule has 1 aromatic rings. The van der Waals surface area contributed by atoms with Crippen molar-refractivity contribution in [2.24, 2.45) is 11.1 Å². The molecule has 27 heavy (non-hydrogen) atoms. The minimum Gasteiger partial charge on any atom is -0.444 e. The lowest BCUT2D eigenvalue weighted by Gasteiger charge is -2.27. The lowest BCUT2D eigenvalue weighted by molar-refractivity contribution is -0.125. The number of hydrogen-bond acceptors (Lipinski definition) is 4. The molecule has 1 spiro atoms. The van der Waals surface area contributed by atoms with E-state index in [0.29, 0.717) is 11.3 Å². The van der Waals surface area contributed by atoms with Crippen molar-refractivity contribution < 1.29 is 23.5 Å². The highest BCUT2D eigenvalue weighted by Crippen LogP contribution is 2.42. The average Bonchev–Trinajstić information content (AvgIpc) is 3.09. The van der Waals surface area contributed by atoms with Gasteiger partial charge in [0.1, 0.15) is 17.5 Å². The SMILES string of the molecule is CC(C)(C)OC(=O)N1C[C@]2(C=C(c3ccc(F)cc3)NC2=O)C[C@H]1C(N)=O. The van der Waals surface area contributed by atoms with Crippen molar-refractivity contribution in [2.75, 3.05) is 6.54 Å². The van der Waals surface area contributed by atoms with Crippen molar-refractivity contribution in [1.82, 2.24) is 10.2 Å². The molecule has 2 heterocycles. The van der Waals surface area contributed by atoms with Crippen LogP contribution in [0.4, 0.5) is 9.18 Å². The van der Waals surface area contributed by atoms with Gasteiger partial charge in [-0.15, -0.1) is 0 Å². The topological polar surface area (TPSA) is 102 Å². The monoisotopic (exact) mass is 375 g/mol. The van der Waals surface area contributed by atoms with Gasteiger partial charge in [-0.1, -0.05) is 0 Å². The lowest BCUT2D eigenvalue weighted by atomic mass is 9.85. The molecular weight excluding hydrogens is 353 g/mol. The summed E-state index contributed by atoms with van der Waals surface area (Å²) in [7, 11) is 0. The summed E-state index contributed by atoms with van der Waals surface area (Å²) in [6.45, 7) is 5.12. The molecule has 0 aliphatic carbocycles. The summed E-state index contributed by atoms with van der Waals surface area (Å²) >= 11 is 0. The molecule has 0 aromatic heterocycles. The number of halogens is 1. The fourth-order valence-electron chi connectivity index (χ4n) is 3.38. The molecule has 1 saturated heterocycles. The Morgan fingerprint density at radius 2 is 1.93 bits per heavy atom. The van der Waals surface area contributed by atoms with Gasteiger partial charge in [-0.25, -0.2) is 9.18 Å². The van der Waals surface area contributed by atoms with Crippen LogP contribution in [0.25, 0.3) is 5.70 Å². The number of rotatable bonds is 2. The second-order valence-corrected chi connectivity index (χ2v) is 7.91. The van der Waals surface area contributed by atoms with Gasteiger partial charge in [0.05, 0.1) is 5.41 Å². The molecule has 1 aromatic carbocycles. The Kier molecular flexibility index (Phi) is 4.45. The van der Waals surface area contributed by atoms with Crippen molar-refractivity contribution in [3.63, 3.8) is 0 Å². The van der Waals surface area contributed by atoms with E-state index >= 15 is 0 Å². The molecular formula is C19H22FN3O4. The number of hydrogen-bond donors (Lipinski definition) is 2. The molecule has 0 radical (unpaired) electrons. The standard InChI is InChI=1S/C19H22FN3O4/c1-18(2,3)27-17(26)23-10-19(9-14(23)15(21)24)8-13(22-16(19)25)11-4-6-12(20)7-5-11/h4-8,14H,9-10H2,1-3H3,(H2,21,24)(H,22,25)/t14-,19-/m0/s1. The number of ether oxygens (including phenoxy) is 1. The molecule has 1 fully saturated rings. The van der Waals surface area contributed by atoms with Crippen LogP contribution in [0.15, 0.2) is 30.3 Å². The minimum atomic E-state index is -1.08. The molecule has 0 saturated carbocycles. The van der Waals surface area contributed by atoms with Gasteiger partial charge in [0, 0.05) is 12.2 Å². The van der Waals surface area contributed by atoms with Crippen LogP contribution < -0.4 is 11.1 Å². The molecule has 7 nitrogen and oxygen atoms in total. The van der Waals surface area contributed by atoms with E-state index in [0.717, 1.165) is 0 Å². The van der Waals surface area contributed by atoms with E-state index in [4.69, 9.17) is 10.5 Å². The summed E-state index contributed by atoms with van der Waals surface area (Å²) in [4.78, 5) is 38.3. The largest absolute Gasteiger partial charge is 0.444 e. The van der Waals surface area contributed by atoms with Crippen LogP contribution >= 0.6 is 0 Å². The first kappa shape index (κ1) is 18.9. The number of nitrogens with two attached hydrogens (primary N) is 1. The minimum absolute atomic E-state index is 0.0218. The second kappa shape index (κ2) is 6.37. The molecule has 3 N–H and O–H groups in total. The van der Waals surface area contributed by atoms with E-state index in [9.17, 15) is 18.8 Å². The van der Waals surface area contributed by atoms with Crippen LogP contribution in [-0.2, 0) is 14.3 Å². The number of amides is 3. The highest BCUT2D eigenvalue weighted by Gasteiger charge is 2.54. The number of nitrogens with one attached hydrogen (secondary N) is 1. The predicted octanol–water partition coefficient (Wildman–Crippen LogP) is 1.78. The summed E-state index contributed by atoms with van der Waals surface area (Å²) in [6, 6.07) is 4.73. The van der Waals surface area contributed by atoms with Crippen LogP contribution in [-0.4, -0.2) is 41.0 Å². The zero-order valence-corrected chi connectivity index (χ0v) is 15.4. The molecule has 3 amide bonds. The third-order valence-electron chi connectivity index (χ3n) is 4.62. The van der Waals surface area contributed by atoms with Crippen LogP contribution in [0.1, 0.15) is 32.8 Å². The molecule has 2 aliphatic heterocycles. The Labute approximate surface area is 156 Å². The first-order chi connectivity index (χ1) is 12.5. The van der Waals surface area contributed by atoms with E-state index in [2.05, 4.69) is 5.32 Å². The third kappa shape index (κ3) is 3.65. The number of likely N-dealkylation sites (tertiary alicyclic amines) is 1. The number of benzene rings is 1. The maximum Gasteiger partial charge on any atom is 0.411 e. The Morgan fingerprint density at radius 3 is 2.48 bits per heavy atom. The molecule has 2 aliphatic rings. The zero-order valence-electron chi connectivity index (χ0n) is 15.4. The lowest BCUT2D eigenvalue weighted by Crippen LogP contribution is -2.46. The van der Waals surface area contributed by atoms with Crippen molar-refractivity contribution in [2.45, 2.75) is 38.8 Å². The smallest absolute Gasteiger partial charge is 0.411 e. The Hall–Kier alpha value is -2.90. The Balaban J connectivity index is 1.91. The third-order valence-corrected chi connectivity index (χ3v) is 4.62. The first-order valence-corrected chi connectivity index (χ1v) is 8.60. The van der Waals surface area contributed by atoms with E-state index in [1.54, 1.807) is 39.0 Å².